The van der Waals surface area contributed by atoms with E-state index < -0.39 is 24.0 Å². The number of aromatic nitrogens is 1. The number of likely N-dealkylation sites (tertiary alicyclic amines) is 1. The van der Waals surface area contributed by atoms with Crippen molar-refractivity contribution in [2.24, 2.45) is 0 Å². The van der Waals surface area contributed by atoms with Gasteiger partial charge in [-0.25, -0.2) is 9.59 Å². The number of benzene rings is 2. The molecule has 2 aromatic carbocycles. The van der Waals surface area contributed by atoms with Gasteiger partial charge in [0.15, 0.2) is 5.69 Å². The van der Waals surface area contributed by atoms with Crippen LogP contribution in [0.3, 0.4) is 0 Å². The molecule has 1 atom stereocenters. The Bertz CT molecular complexity index is 1220. The molecule has 2 amide bonds. The highest BCUT2D eigenvalue weighted by molar-refractivity contribution is 5.96. The minimum absolute atomic E-state index is 0.0488. The van der Waals surface area contributed by atoms with E-state index in [1.807, 2.05) is 36.4 Å². The number of carboxylic acids is 1. The Balaban J connectivity index is 1.23. The average Bonchev–Trinajstić information content (AvgIpc) is 3.35. The molecule has 1 saturated heterocycles. The Morgan fingerprint density at radius 1 is 1.03 bits per heavy atom. The van der Waals surface area contributed by atoms with E-state index in [2.05, 4.69) is 22.6 Å². The molecule has 1 aliphatic heterocycles. The van der Waals surface area contributed by atoms with Crippen LogP contribution in [0.15, 0.2) is 59.1 Å². The molecule has 35 heavy (non-hydrogen) atoms. The van der Waals surface area contributed by atoms with E-state index in [-0.39, 0.29) is 24.1 Å². The lowest BCUT2D eigenvalue weighted by molar-refractivity contribution is -0.142. The van der Waals surface area contributed by atoms with Gasteiger partial charge in [0.1, 0.15) is 12.6 Å². The molecule has 5 rings (SSSR count). The van der Waals surface area contributed by atoms with Crippen LogP contribution < -0.4 is 5.32 Å². The summed E-state index contributed by atoms with van der Waals surface area (Å²) in [5, 5.41) is 15.7. The standard InChI is InChI=1S/C26H25N3O6/c30-24(29-13-7-1-2-12-22(29)25(31)32)21-14-23(35-28-21)27-26(33)34-15-20-18-10-5-3-8-16(18)17-9-4-6-11-19(17)20/h3-6,8-11,14,20,22H,1-2,7,12-13,15H2,(H,27,33)(H,31,32). The molecule has 0 bridgehead atoms. The number of ether oxygens (including phenoxy) is 1. The molecule has 3 aromatic rings. The van der Waals surface area contributed by atoms with Crippen LogP contribution >= 0.6 is 0 Å². The maximum absolute atomic E-state index is 12.9. The summed E-state index contributed by atoms with van der Waals surface area (Å²) in [5.74, 6) is -1.72. The first-order valence-electron chi connectivity index (χ1n) is 11.7. The molecular weight excluding hydrogens is 450 g/mol. The Morgan fingerprint density at radius 2 is 1.71 bits per heavy atom. The van der Waals surface area contributed by atoms with Crippen LogP contribution in [0.25, 0.3) is 11.1 Å². The number of carbonyl (C=O) groups excluding carboxylic acids is 2. The van der Waals surface area contributed by atoms with E-state index in [4.69, 9.17) is 9.26 Å². The highest BCUT2D eigenvalue weighted by Crippen LogP contribution is 2.44. The molecule has 2 aliphatic rings. The van der Waals surface area contributed by atoms with Gasteiger partial charge in [-0.05, 0) is 35.1 Å². The maximum atomic E-state index is 12.9. The molecule has 1 aliphatic carbocycles. The second kappa shape index (κ2) is 9.61. The molecule has 1 fully saturated rings. The third kappa shape index (κ3) is 4.49. The highest BCUT2D eigenvalue weighted by atomic mass is 16.6. The summed E-state index contributed by atoms with van der Waals surface area (Å²) in [6.45, 7) is 0.464. The van der Waals surface area contributed by atoms with Gasteiger partial charge in [-0.1, -0.05) is 66.5 Å². The van der Waals surface area contributed by atoms with Gasteiger partial charge in [0.25, 0.3) is 5.91 Å². The van der Waals surface area contributed by atoms with Crippen molar-refractivity contribution in [1.29, 1.82) is 0 Å². The summed E-state index contributed by atoms with van der Waals surface area (Å²) in [6, 6.07) is 16.5. The van der Waals surface area contributed by atoms with E-state index >= 15 is 0 Å². The normalized spacial score (nSPS) is 17.3. The number of carbonyl (C=O) groups is 3. The minimum Gasteiger partial charge on any atom is -0.480 e. The van der Waals surface area contributed by atoms with E-state index in [0.29, 0.717) is 13.0 Å². The van der Waals surface area contributed by atoms with Gasteiger partial charge in [0, 0.05) is 18.5 Å². The van der Waals surface area contributed by atoms with Gasteiger partial charge >= 0.3 is 12.1 Å². The number of nitrogens with one attached hydrogen (secondary N) is 1. The number of nitrogens with zero attached hydrogens (tertiary/aromatic N) is 2. The molecular formula is C26H25N3O6. The molecule has 1 aromatic heterocycles. The van der Waals surface area contributed by atoms with Crippen LogP contribution in [0.5, 0.6) is 0 Å². The summed E-state index contributed by atoms with van der Waals surface area (Å²) in [7, 11) is 0. The number of fused-ring (bicyclic) bond motifs is 3. The largest absolute Gasteiger partial charge is 0.480 e. The smallest absolute Gasteiger partial charge is 0.414 e. The van der Waals surface area contributed by atoms with Crippen molar-refractivity contribution >= 4 is 23.9 Å². The first-order valence-corrected chi connectivity index (χ1v) is 11.7. The molecule has 2 heterocycles. The minimum atomic E-state index is -1.04. The van der Waals surface area contributed by atoms with Gasteiger partial charge < -0.3 is 19.3 Å². The zero-order valence-corrected chi connectivity index (χ0v) is 19.0. The Hall–Kier alpha value is -4.14. The number of rotatable bonds is 5. The number of anilines is 1. The fraction of sp³-hybridized carbons (Fsp3) is 0.308. The average molecular weight is 476 g/mol. The predicted octanol–water partition coefficient (Wildman–Crippen LogP) is 4.51. The topological polar surface area (TPSA) is 122 Å². The van der Waals surface area contributed by atoms with Crippen molar-refractivity contribution in [2.45, 2.75) is 37.6 Å². The van der Waals surface area contributed by atoms with Crippen LogP contribution in [-0.4, -0.2) is 52.3 Å². The lowest BCUT2D eigenvalue weighted by atomic mass is 9.98. The van der Waals surface area contributed by atoms with E-state index in [0.717, 1.165) is 41.5 Å². The van der Waals surface area contributed by atoms with Crippen LogP contribution in [0.2, 0.25) is 0 Å². The SMILES string of the molecule is O=C(Nc1cc(C(=O)N2CCCCCC2C(=O)O)no1)OCC1c2ccccc2-c2ccccc21. The Morgan fingerprint density at radius 3 is 2.40 bits per heavy atom. The molecule has 1 unspecified atom stereocenters. The van der Waals surface area contributed by atoms with Crippen molar-refractivity contribution in [3.05, 3.63) is 71.4 Å². The summed E-state index contributed by atoms with van der Waals surface area (Å²) in [5.41, 5.74) is 4.39. The second-order valence-electron chi connectivity index (χ2n) is 8.73. The quantitative estimate of drug-likeness (QED) is 0.557. The van der Waals surface area contributed by atoms with Crippen molar-refractivity contribution in [1.82, 2.24) is 10.1 Å². The third-order valence-corrected chi connectivity index (χ3v) is 6.60. The zero-order chi connectivity index (χ0) is 24.4. The molecule has 9 nitrogen and oxygen atoms in total. The number of aliphatic carboxylic acids is 1. The monoisotopic (exact) mass is 475 g/mol. The van der Waals surface area contributed by atoms with Gasteiger partial charge in [-0.15, -0.1) is 0 Å². The molecule has 0 radical (unpaired) electrons. The second-order valence-corrected chi connectivity index (χ2v) is 8.73. The van der Waals surface area contributed by atoms with Crippen molar-refractivity contribution in [3.63, 3.8) is 0 Å². The van der Waals surface area contributed by atoms with Crippen LogP contribution in [0.1, 0.15) is 53.2 Å². The van der Waals surface area contributed by atoms with Crippen LogP contribution in [0.4, 0.5) is 10.7 Å². The summed E-state index contributed by atoms with van der Waals surface area (Å²) in [4.78, 5) is 38.3. The first-order chi connectivity index (χ1) is 17.0. The van der Waals surface area contributed by atoms with Gasteiger partial charge in [0.2, 0.25) is 5.88 Å². The lowest BCUT2D eigenvalue weighted by Crippen LogP contribution is -2.44. The predicted molar refractivity (Wildman–Crippen MR) is 126 cm³/mol. The summed E-state index contributed by atoms with van der Waals surface area (Å²) >= 11 is 0. The fourth-order valence-corrected chi connectivity index (χ4v) is 4.93. The Kier molecular flexibility index (Phi) is 6.22. The van der Waals surface area contributed by atoms with Crippen molar-refractivity contribution in [3.8, 4) is 11.1 Å². The van der Waals surface area contributed by atoms with Crippen molar-refractivity contribution in [2.75, 3.05) is 18.5 Å². The van der Waals surface area contributed by atoms with E-state index in [9.17, 15) is 19.5 Å². The number of hydrogen-bond acceptors (Lipinski definition) is 6. The zero-order valence-electron chi connectivity index (χ0n) is 19.0. The van der Waals surface area contributed by atoms with Crippen molar-refractivity contribution < 1.29 is 28.8 Å². The number of amides is 2. The van der Waals surface area contributed by atoms with E-state index in [1.165, 1.54) is 11.0 Å². The van der Waals surface area contributed by atoms with Crippen LogP contribution in [0, 0.1) is 0 Å². The summed E-state index contributed by atoms with van der Waals surface area (Å²) < 4.78 is 10.6. The highest BCUT2D eigenvalue weighted by Gasteiger charge is 2.33. The third-order valence-electron chi connectivity index (χ3n) is 6.60. The van der Waals surface area contributed by atoms with Crippen LogP contribution in [-0.2, 0) is 9.53 Å². The molecule has 2 N–H and O–H groups in total. The fourth-order valence-electron chi connectivity index (χ4n) is 4.93. The first kappa shape index (κ1) is 22.6. The molecule has 0 saturated carbocycles. The summed E-state index contributed by atoms with van der Waals surface area (Å²) in [6.07, 6.45) is 1.98. The van der Waals surface area contributed by atoms with Gasteiger partial charge in [-0.3, -0.25) is 10.1 Å². The van der Waals surface area contributed by atoms with E-state index in [1.54, 1.807) is 0 Å². The Labute approximate surface area is 201 Å². The number of carboxylic acid groups (broad SMARTS) is 1. The molecule has 9 heteroatoms. The van der Waals surface area contributed by atoms with Gasteiger partial charge in [0.05, 0.1) is 0 Å². The lowest BCUT2D eigenvalue weighted by Gasteiger charge is -2.25. The molecule has 0 spiro atoms. The maximum Gasteiger partial charge on any atom is 0.414 e. The van der Waals surface area contributed by atoms with Gasteiger partial charge in [-0.2, -0.15) is 0 Å². The molecule has 180 valence electrons. The number of hydrogen-bond donors (Lipinski definition) is 2.